The van der Waals surface area contributed by atoms with Crippen LogP contribution in [0.4, 0.5) is 24.5 Å². The molecule has 5 nitrogen and oxygen atoms in total. The van der Waals surface area contributed by atoms with E-state index in [1.807, 2.05) is 0 Å². The lowest BCUT2D eigenvalue weighted by atomic mass is 10.1. The number of benzene rings is 1. The summed E-state index contributed by atoms with van der Waals surface area (Å²) in [6.45, 7) is 3.55. The van der Waals surface area contributed by atoms with Crippen molar-refractivity contribution in [1.29, 1.82) is 0 Å². The Hall–Kier alpha value is -1.78. The summed E-state index contributed by atoms with van der Waals surface area (Å²) in [5.41, 5.74) is -0.597. The molecule has 1 aliphatic heterocycles. The predicted molar refractivity (Wildman–Crippen MR) is 94.3 cm³/mol. The molecule has 0 bridgehead atoms. The first kappa shape index (κ1) is 19.0. The molecule has 1 saturated heterocycles. The molecule has 1 aromatic carbocycles. The van der Waals surface area contributed by atoms with E-state index in [0.29, 0.717) is 32.0 Å². The first-order chi connectivity index (χ1) is 12.2. The minimum absolute atomic E-state index is 0.0559. The number of halogens is 3. The number of thiophene rings is 1. The molecule has 0 unspecified atom stereocenters. The number of nitrogens with zero attached hydrogens (tertiary/aromatic N) is 1. The second-order valence-electron chi connectivity index (χ2n) is 5.80. The quantitative estimate of drug-likeness (QED) is 0.841. The van der Waals surface area contributed by atoms with Crippen LogP contribution in [0.1, 0.15) is 10.4 Å². The maximum absolute atomic E-state index is 13.1. The first-order valence-electron chi connectivity index (χ1n) is 7.80. The molecular weight excluding hydrogens is 389 g/mol. The third-order valence-corrected chi connectivity index (χ3v) is 6.76. The molecule has 0 radical (unpaired) electrons. The fraction of sp³-hybridized carbons (Fsp3) is 0.375. The van der Waals surface area contributed by atoms with Crippen LogP contribution in [-0.4, -0.2) is 34.7 Å². The van der Waals surface area contributed by atoms with E-state index in [1.54, 1.807) is 17.9 Å². The van der Waals surface area contributed by atoms with Gasteiger partial charge in [0.05, 0.1) is 30.2 Å². The van der Waals surface area contributed by atoms with Gasteiger partial charge in [-0.1, -0.05) is 0 Å². The van der Waals surface area contributed by atoms with Crippen molar-refractivity contribution in [3.8, 4) is 0 Å². The van der Waals surface area contributed by atoms with Crippen LogP contribution in [0.15, 0.2) is 34.5 Å². The van der Waals surface area contributed by atoms with E-state index in [2.05, 4.69) is 4.72 Å². The van der Waals surface area contributed by atoms with E-state index in [0.717, 1.165) is 28.3 Å². The summed E-state index contributed by atoms with van der Waals surface area (Å²) in [5, 5.41) is 0. The molecule has 10 heteroatoms. The van der Waals surface area contributed by atoms with Crippen molar-refractivity contribution < 1.29 is 26.3 Å². The Morgan fingerprint density at radius 1 is 1.15 bits per heavy atom. The molecule has 3 rings (SSSR count). The minimum Gasteiger partial charge on any atom is -0.378 e. The number of hydrogen-bond donors (Lipinski definition) is 1. The van der Waals surface area contributed by atoms with Gasteiger partial charge in [-0.05, 0) is 37.3 Å². The number of sulfonamides is 1. The highest BCUT2D eigenvalue weighted by Crippen LogP contribution is 2.37. The summed E-state index contributed by atoms with van der Waals surface area (Å²) in [4.78, 5) is 2.60. The fourth-order valence-electron chi connectivity index (χ4n) is 2.63. The highest BCUT2D eigenvalue weighted by molar-refractivity contribution is 7.94. The van der Waals surface area contributed by atoms with Crippen LogP contribution in [-0.2, 0) is 20.9 Å². The lowest BCUT2D eigenvalue weighted by molar-refractivity contribution is -0.137. The van der Waals surface area contributed by atoms with E-state index >= 15 is 0 Å². The third kappa shape index (κ3) is 4.13. The van der Waals surface area contributed by atoms with E-state index in [9.17, 15) is 21.6 Å². The van der Waals surface area contributed by atoms with Gasteiger partial charge in [-0.2, -0.15) is 13.2 Å². The van der Waals surface area contributed by atoms with Crippen molar-refractivity contribution >= 4 is 32.7 Å². The second-order valence-corrected chi connectivity index (χ2v) is 9.00. The molecule has 1 aromatic heterocycles. The molecule has 2 aromatic rings. The van der Waals surface area contributed by atoms with Crippen LogP contribution >= 0.6 is 11.3 Å². The Kier molecular flexibility index (Phi) is 5.18. The molecule has 0 atom stereocenters. The Balaban J connectivity index is 2.01. The van der Waals surface area contributed by atoms with Gasteiger partial charge in [0.2, 0.25) is 0 Å². The summed E-state index contributed by atoms with van der Waals surface area (Å²) in [6, 6.07) is 6.17. The number of nitrogens with one attached hydrogen (secondary N) is 1. The predicted octanol–water partition coefficient (Wildman–Crippen LogP) is 3.71. The van der Waals surface area contributed by atoms with E-state index in [4.69, 9.17) is 4.74 Å². The van der Waals surface area contributed by atoms with Gasteiger partial charge < -0.3 is 9.64 Å². The fourth-order valence-corrected chi connectivity index (χ4v) is 4.97. The molecule has 1 aliphatic rings. The molecule has 0 amide bonds. The average molecular weight is 406 g/mol. The SMILES string of the molecule is Cc1ccc(S(=O)(=O)Nc2cc(C(F)(F)F)ccc2N2CCOCC2)s1. The monoisotopic (exact) mass is 406 g/mol. The topological polar surface area (TPSA) is 58.6 Å². The number of rotatable bonds is 4. The van der Waals surface area contributed by atoms with Gasteiger partial charge in [0.25, 0.3) is 10.0 Å². The van der Waals surface area contributed by atoms with Gasteiger partial charge in [0.1, 0.15) is 4.21 Å². The number of morpholine rings is 1. The summed E-state index contributed by atoms with van der Waals surface area (Å²) in [5.74, 6) is 0. The molecule has 2 heterocycles. The van der Waals surface area contributed by atoms with Crippen molar-refractivity contribution in [2.75, 3.05) is 35.9 Å². The smallest absolute Gasteiger partial charge is 0.378 e. The zero-order valence-electron chi connectivity index (χ0n) is 13.8. The van der Waals surface area contributed by atoms with Crippen molar-refractivity contribution in [1.82, 2.24) is 0 Å². The zero-order chi connectivity index (χ0) is 18.9. The molecule has 0 saturated carbocycles. The standard InChI is InChI=1S/C16H17F3N2O3S2/c1-11-2-5-15(25-11)26(22,23)20-13-10-12(16(17,18)19)3-4-14(13)21-6-8-24-9-7-21/h2-5,10,20H,6-9H2,1H3. The largest absolute Gasteiger partial charge is 0.416 e. The summed E-state index contributed by atoms with van der Waals surface area (Å²) in [7, 11) is -3.97. The number of ether oxygens (including phenoxy) is 1. The van der Waals surface area contributed by atoms with Crippen molar-refractivity contribution in [3.63, 3.8) is 0 Å². The van der Waals surface area contributed by atoms with E-state index in [-0.39, 0.29) is 9.90 Å². The zero-order valence-corrected chi connectivity index (χ0v) is 15.5. The van der Waals surface area contributed by atoms with Crippen LogP contribution in [0.25, 0.3) is 0 Å². The molecular formula is C16H17F3N2O3S2. The summed E-state index contributed by atoms with van der Waals surface area (Å²) < 4.78 is 72.1. The highest BCUT2D eigenvalue weighted by atomic mass is 32.2. The Bertz CT molecular complexity index is 888. The lowest BCUT2D eigenvalue weighted by Gasteiger charge is -2.31. The molecule has 26 heavy (non-hydrogen) atoms. The van der Waals surface area contributed by atoms with Crippen molar-refractivity contribution in [2.45, 2.75) is 17.3 Å². The Morgan fingerprint density at radius 3 is 2.42 bits per heavy atom. The van der Waals surface area contributed by atoms with Gasteiger partial charge in [-0.15, -0.1) is 11.3 Å². The number of anilines is 2. The van der Waals surface area contributed by atoms with Gasteiger partial charge in [0.15, 0.2) is 0 Å². The average Bonchev–Trinajstić information content (AvgIpc) is 3.02. The number of hydrogen-bond acceptors (Lipinski definition) is 5. The molecule has 142 valence electrons. The Morgan fingerprint density at radius 2 is 1.85 bits per heavy atom. The second kappa shape index (κ2) is 7.09. The van der Waals surface area contributed by atoms with Crippen LogP contribution in [0.3, 0.4) is 0 Å². The normalized spacial score (nSPS) is 15.9. The summed E-state index contributed by atoms with van der Waals surface area (Å²) in [6.07, 6.45) is -4.57. The van der Waals surface area contributed by atoms with E-state index in [1.165, 1.54) is 12.1 Å². The maximum Gasteiger partial charge on any atom is 0.416 e. The molecule has 1 N–H and O–H groups in total. The third-order valence-electron chi connectivity index (χ3n) is 3.90. The Labute approximate surface area is 153 Å². The van der Waals surface area contributed by atoms with Crippen LogP contribution in [0.5, 0.6) is 0 Å². The van der Waals surface area contributed by atoms with E-state index < -0.39 is 21.8 Å². The number of alkyl halides is 3. The van der Waals surface area contributed by atoms with Gasteiger partial charge in [0, 0.05) is 18.0 Å². The number of aryl methyl sites for hydroxylation is 1. The summed E-state index contributed by atoms with van der Waals surface area (Å²) >= 11 is 1.06. The van der Waals surface area contributed by atoms with Crippen LogP contribution < -0.4 is 9.62 Å². The van der Waals surface area contributed by atoms with Crippen molar-refractivity contribution in [2.24, 2.45) is 0 Å². The van der Waals surface area contributed by atoms with Crippen LogP contribution in [0.2, 0.25) is 0 Å². The molecule has 0 aliphatic carbocycles. The molecule has 1 fully saturated rings. The maximum atomic E-state index is 13.1. The van der Waals surface area contributed by atoms with Gasteiger partial charge in [-0.3, -0.25) is 4.72 Å². The van der Waals surface area contributed by atoms with Gasteiger partial charge >= 0.3 is 6.18 Å². The van der Waals surface area contributed by atoms with Gasteiger partial charge in [-0.25, -0.2) is 8.42 Å². The van der Waals surface area contributed by atoms with Crippen molar-refractivity contribution in [3.05, 3.63) is 40.8 Å². The first-order valence-corrected chi connectivity index (χ1v) is 10.1. The lowest BCUT2D eigenvalue weighted by Crippen LogP contribution is -2.36. The highest BCUT2D eigenvalue weighted by Gasteiger charge is 2.32. The minimum atomic E-state index is -4.57. The molecule has 0 spiro atoms. The van der Waals surface area contributed by atoms with Crippen LogP contribution in [0, 0.1) is 6.92 Å².